The molecule has 0 aliphatic heterocycles. The van der Waals surface area contributed by atoms with Crippen molar-refractivity contribution in [2.45, 2.75) is 104 Å². The number of amides is 1. The van der Waals surface area contributed by atoms with Crippen molar-refractivity contribution in [2.75, 3.05) is 0 Å². The zero-order chi connectivity index (χ0) is 15.3. The molecule has 0 aromatic heterocycles. The topological polar surface area (TPSA) is 43.1 Å². The fourth-order valence-corrected chi connectivity index (χ4v) is 2.53. The molecule has 1 amide bonds. The van der Waals surface area contributed by atoms with Gasteiger partial charge in [0, 0.05) is 5.41 Å². The summed E-state index contributed by atoms with van der Waals surface area (Å²) in [5.74, 6) is -0.166. The first-order valence-electron chi connectivity index (χ1n) is 8.80. The molecule has 0 saturated carbocycles. The van der Waals surface area contributed by atoms with Gasteiger partial charge < -0.3 is 5.73 Å². The molecule has 2 N–H and O–H groups in total. The van der Waals surface area contributed by atoms with Gasteiger partial charge in [-0.3, -0.25) is 4.79 Å². The van der Waals surface area contributed by atoms with Crippen LogP contribution in [0.15, 0.2) is 0 Å². The van der Waals surface area contributed by atoms with Gasteiger partial charge in [-0.1, -0.05) is 97.8 Å². The molecule has 0 aromatic rings. The second kappa shape index (κ2) is 12.2. The number of carbonyl (C=O) groups is 1. The molecule has 120 valence electrons. The van der Waals surface area contributed by atoms with Crippen molar-refractivity contribution < 1.29 is 4.79 Å². The molecule has 2 nitrogen and oxygen atoms in total. The first kappa shape index (κ1) is 19.5. The summed E-state index contributed by atoms with van der Waals surface area (Å²) in [4.78, 5) is 11.2. The Morgan fingerprint density at radius 1 is 0.750 bits per heavy atom. The van der Waals surface area contributed by atoms with Gasteiger partial charge >= 0.3 is 0 Å². The first-order chi connectivity index (χ1) is 9.50. The third kappa shape index (κ3) is 11.3. The zero-order valence-corrected chi connectivity index (χ0v) is 14.2. The van der Waals surface area contributed by atoms with Crippen LogP contribution in [0.1, 0.15) is 104 Å². The molecular weight excluding hydrogens is 246 g/mol. The molecule has 0 spiro atoms. The first-order valence-corrected chi connectivity index (χ1v) is 8.80. The van der Waals surface area contributed by atoms with Gasteiger partial charge in [-0.15, -0.1) is 0 Å². The van der Waals surface area contributed by atoms with Crippen molar-refractivity contribution in [3.05, 3.63) is 0 Å². The van der Waals surface area contributed by atoms with E-state index < -0.39 is 0 Å². The summed E-state index contributed by atoms with van der Waals surface area (Å²) in [6, 6.07) is 0. The molecular formula is C18H37NO. The van der Waals surface area contributed by atoms with Crippen molar-refractivity contribution in [3.63, 3.8) is 0 Å². The number of rotatable bonds is 14. The quantitative estimate of drug-likeness (QED) is 0.415. The minimum absolute atomic E-state index is 0.166. The second-order valence-corrected chi connectivity index (χ2v) is 6.89. The van der Waals surface area contributed by atoms with Gasteiger partial charge in [0.2, 0.25) is 5.91 Å². The van der Waals surface area contributed by atoms with E-state index in [1.54, 1.807) is 0 Å². The van der Waals surface area contributed by atoms with Crippen LogP contribution in [-0.2, 0) is 4.79 Å². The molecule has 0 aliphatic carbocycles. The van der Waals surface area contributed by atoms with Crippen LogP contribution in [0.5, 0.6) is 0 Å². The van der Waals surface area contributed by atoms with E-state index in [0.29, 0.717) is 0 Å². The van der Waals surface area contributed by atoms with E-state index in [0.717, 1.165) is 12.8 Å². The van der Waals surface area contributed by atoms with E-state index in [-0.39, 0.29) is 11.3 Å². The molecule has 2 heteroatoms. The lowest BCUT2D eigenvalue weighted by Crippen LogP contribution is -2.31. The Morgan fingerprint density at radius 2 is 1.10 bits per heavy atom. The van der Waals surface area contributed by atoms with E-state index in [2.05, 4.69) is 6.92 Å². The molecule has 20 heavy (non-hydrogen) atoms. The Morgan fingerprint density at radius 3 is 1.45 bits per heavy atom. The standard InChI is InChI=1S/C18H37NO/c1-4-5-6-7-8-9-10-11-12-13-14-15-16-18(2,3)17(19)20/h4-16H2,1-3H3,(H2,19,20). The van der Waals surface area contributed by atoms with Crippen LogP contribution in [0, 0.1) is 5.41 Å². The van der Waals surface area contributed by atoms with Crippen molar-refractivity contribution >= 4 is 5.91 Å². The predicted octanol–water partition coefficient (Wildman–Crippen LogP) is 5.59. The summed E-state index contributed by atoms with van der Waals surface area (Å²) >= 11 is 0. The predicted molar refractivity (Wildman–Crippen MR) is 88.7 cm³/mol. The van der Waals surface area contributed by atoms with Gasteiger partial charge in [0.25, 0.3) is 0 Å². The summed E-state index contributed by atoms with van der Waals surface area (Å²) in [5, 5.41) is 0. The molecule has 0 heterocycles. The van der Waals surface area contributed by atoms with Crippen molar-refractivity contribution in [3.8, 4) is 0 Å². The molecule has 0 unspecified atom stereocenters. The molecule has 0 fully saturated rings. The van der Waals surface area contributed by atoms with E-state index in [1.165, 1.54) is 70.6 Å². The van der Waals surface area contributed by atoms with Gasteiger partial charge in [-0.2, -0.15) is 0 Å². The highest BCUT2D eigenvalue weighted by atomic mass is 16.1. The summed E-state index contributed by atoms with van der Waals surface area (Å²) in [6.07, 6.45) is 17.2. The number of nitrogens with two attached hydrogens (primary N) is 1. The molecule has 0 bridgehead atoms. The Bertz CT molecular complexity index is 236. The van der Waals surface area contributed by atoms with Crippen LogP contribution < -0.4 is 5.73 Å². The van der Waals surface area contributed by atoms with Crippen LogP contribution >= 0.6 is 0 Å². The molecule has 0 rings (SSSR count). The normalized spacial score (nSPS) is 11.8. The van der Waals surface area contributed by atoms with Crippen LogP contribution in [0.4, 0.5) is 0 Å². The number of hydrogen-bond donors (Lipinski definition) is 1. The highest BCUT2D eigenvalue weighted by Gasteiger charge is 2.23. The summed E-state index contributed by atoms with van der Waals surface area (Å²) in [7, 11) is 0. The highest BCUT2D eigenvalue weighted by Crippen LogP contribution is 2.23. The Labute approximate surface area is 126 Å². The third-order valence-electron chi connectivity index (χ3n) is 4.32. The molecule has 0 aromatic carbocycles. The van der Waals surface area contributed by atoms with Crippen LogP contribution in [0.2, 0.25) is 0 Å². The average molecular weight is 283 g/mol. The smallest absolute Gasteiger partial charge is 0.223 e. The van der Waals surface area contributed by atoms with E-state index in [9.17, 15) is 4.79 Å². The SMILES string of the molecule is CCCCCCCCCCCCCCC(C)(C)C(N)=O. The highest BCUT2D eigenvalue weighted by molar-refractivity contribution is 5.79. The van der Waals surface area contributed by atoms with Crippen LogP contribution in [0.3, 0.4) is 0 Å². The summed E-state index contributed by atoms with van der Waals surface area (Å²) in [6.45, 7) is 6.17. The fraction of sp³-hybridized carbons (Fsp3) is 0.944. The summed E-state index contributed by atoms with van der Waals surface area (Å²) in [5.41, 5.74) is 5.05. The lowest BCUT2D eigenvalue weighted by molar-refractivity contribution is -0.126. The number of hydrogen-bond acceptors (Lipinski definition) is 1. The van der Waals surface area contributed by atoms with Gasteiger partial charge in [-0.05, 0) is 6.42 Å². The zero-order valence-electron chi connectivity index (χ0n) is 14.2. The molecule has 0 saturated heterocycles. The Kier molecular flexibility index (Phi) is 11.9. The number of carbonyl (C=O) groups excluding carboxylic acids is 1. The third-order valence-corrected chi connectivity index (χ3v) is 4.32. The number of unbranched alkanes of at least 4 members (excludes halogenated alkanes) is 11. The van der Waals surface area contributed by atoms with Gasteiger partial charge in [0.1, 0.15) is 0 Å². The maximum atomic E-state index is 11.2. The lowest BCUT2D eigenvalue weighted by Gasteiger charge is -2.19. The van der Waals surface area contributed by atoms with Gasteiger partial charge in [-0.25, -0.2) is 0 Å². The minimum atomic E-state index is -0.321. The number of primary amides is 1. The monoisotopic (exact) mass is 283 g/mol. The second-order valence-electron chi connectivity index (χ2n) is 6.89. The van der Waals surface area contributed by atoms with Crippen molar-refractivity contribution in [1.29, 1.82) is 0 Å². The molecule has 0 atom stereocenters. The van der Waals surface area contributed by atoms with E-state index >= 15 is 0 Å². The van der Waals surface area contributed by atoms with Gasteiger partial charge in [0.05, 0.1) is 0 Å². The van der Waals surface area contributed by atoms with Crippen molar-refractivity contribution in [2.24, 2.45) is 11.1 Å². The Balaban J connectivity index is 3.19. The maximum absolute atomic E-state index is 11.2. The van der Waals surface area contributed by atoms with Crippen LogP contribution in [0.25, 0.3) is 0 Å². The Hall–Kier alpha value is -0.530. The van der Waals surface area contributed by atoms with Gasteiger partial charge in [0.15, 0.2) is 0 Å². The molecule has 0 radical (unpaired) electrons. The average Bonchev–Trinajstić information content (AvgIpc) is 2.39. The summed E-state index contributed by atoms with van der Waals surface area (Å²) < 4.78 is 0. The van der Waals surface area contributed by atoms with E-state index in [4.69, 9.17) is 5.73 Å². The van der Waals surface area contributed by atoms with E-state index in [1.807, 2.05) is 13.8 Å². The fourth-order valence-electron chi connectivity index (χ4n) is 2.53. The lowest BCUT2D eigenvalue weighted by atomic mass is 9.86. The minimum Gasteiger partial charge on any atom is -0.369 e. The largest absolute Gasteiger partial charge is 0.369 e. The van der Waals surface area contributed by atoms with Crippen LogP contribution in [-0.4, -0.2) is 5.91 Å². The molecule has 0 aliphatic rings. The van der Waals surface area contributed by atoms with Crippen molar-refractivity contribution in [1.82, 2.24) is 0 Å². The maximum Gasteiger partial charge on any atom is 0.223 e.